The van der Waals surface area contributed by atoms with E-state index in [2.05, 4.69) is 5.32 Å². The Bertz CT molecular complexity index is 558. The lowest BCUT2D eigenvalue weighted by Crippen LogP contribution is -2.46. The minimum absolute atomic E-state index is 0.0538. The van der Waals surface area contributed by atoms with Gasteiger partial charge in [0.2, 0.25) is 10.0 Å². The van der Waals surface area contributed by atoms with E-state index >= 15 is 0 Å². The number of nitrogens with one attached hydrogen (secondary N) is 1. The van der Waals surface area contributed by atoms with Gasteiger partial charge in [0.25, 0.3) is 0 Å². The van der Waals surface area contributed by atoms with Gasteiger partial charge in [0.05, 0.1) is 0 Å². The summed E-state index contributed by atoms with van der Waals surface area (Å²) in [7, 11) is -3.70. The first-order chi connectivity index (χ1) is 8.44. The summed E-state index contributed by atoms with van der Waals surface area (Å²) in [6.45, 7) is 3.54. The maximum absolute atomic E-state index is 12.4. The molecular formula is C10H14N2O4S2. The van der Waals surface area contributed by atoms with Gasteiger partial charge in [0.1, 0.15) is 9.77 Å². The number of aryl methyl sites for hydroxylation is 1. The molecule has 100 valence electrons. The van der Waals surface area contributed by atoms with Crippen LogP contribution in [0.3, 0.4) is 0 Å². The molecule has 2 rings (SSSR count). The minimum atomic E-state index is -3.70. The van der Waals surface area contributed by atoms with Gasteiger partial charge in [-0.2, -0.15) is 4.31 Å². The van der Waals surface area contributed by atoms with Gasteiger partial charge in [0.15, 0.2) is 0 Å². The van der Waals surface area contributed by atoms with Gasteiger partial charge < -0.3 is 10.4 Å². The van der Waals surface area contributed by atoms with Crippen molar-refractivity contribution >= 4 is 27.3 Å². The molecule has 0 radical (unpaired) electrons. The molecule has 0 aromatic carbocycles. The average Bonchev–Trinajstić information content (AvgIpc) is 2.73. The van der Waals surface area contributed by atoms with Crippen LogP contribution in [0.4, 0.5) is 0 Å². The Labute approximate surface area is 109 Å². The molecule has 2 N–H and O–H groups in total. The van der Waals surface area contributed by atoms with Gasteiger partial charge in [-0.15, -0.1) is 11.3 Å². The molecule has 1 aromatic heterocycles. The van der Waals surface area contributed by atoms with Crippen molar-refractivity contribution < 1.29 is 18.3 Å². The number of piperazine rings is 1. The second kappa shape index (κ2) is 4.96. The number of carboxylic acid groups (broad SMARTS) is 1. The highest BCUT2D eigenvalue weighted by atomic mass is 32.2. The quantitative estimate of drug-likeness (QED) is 0.839. The number of sulfonamides is 1. The number of hydrogen-bond acceptors (Lipinski definition) is 5. The molecule has 18 heavy (non-hydrogen) atoms. The Morgan fingerprint density at radius 3 is 2.61 bits per heavy atom. The second-order valence-corrected chi connectivity index (χ2v) is 6.79. The van der Waals surface area contributed by atoms with Gasteiger partial charge in [-0.05, 0) is 17.9 Å². The fourth-order valence-corrected chi connectivity index (χ4v) is 4.94. The summed E-state index contributed by atoms with van der Waals surface area (Å²) in [6, 6.07) is 0. The summed E-state index contributed by atoms with van der Waals surface area (Å²) in [5.74, 6) is -1.19. The van der Waals surface area contributed by atoms with Crippen molar-refractivity contribution in [1.29, 1.82) is 0 Å². The van der Waals surface area contributed by atoms with Crippen molar-refractivity contribution in [2.75, 3.05) is 26.2 Å². The predicted molar refractivity (Wildman–Crippen MR) is 67.6 cm³/mol. The summed E-state index contributed by atoms with van der Waals surface area (Å²) in [5.41, 5.74) is 0.496. The molecule has 8 heteroatoms. The van der Waals surface area contributed by atoms with E-state index in [4.69, 9.17) is 5.11 Å². The van der Waals surface area contributed by atoms with Crippen LogP contribution in [0, 0.1) is 6.92 Å². The summed E-state index contributed by atoms with van der Waals surface area (Å²) in [5, 5.41) is 13.7. The van der Waals surface area contributed by atoms with Gasteiger partial charge >= 0.3 is 5.97 Å². The lowest BCUT2D eigenvalue weighted by atomic mass is 10.3. The van der Waals surface area contributed by atoms with Crippen LogP contribution < -0.4 is 5.32 Å². The molecule has 1 fully saturated rings. The first-order valence-electron chi connectivity index (χ1n) is 5.47. The third kappa shape index (κ3) is 2.28. The van der Waals surface area contributed by atoms with E-state index in [1.165, 1.54) is 4.31 Å². The minimum Gasteiger partial charge on any atom is -0.477 e. The van der Waals surface area contributed by atoms with Gasteiger partial charge in [-0.25, -0.2) is 13.2 Å². The number of carbonyl (C=O) groups is 1. The Hall–Kier alpha value is -0.960. The van der Waals surface area contributed by atoms with Crippen molar-refractivity contribution in [3.05, 3.63) is 15.8 Å². The number of nitrogens with zero attached hydrogens (tertiary/aromatic N) is 1. The van der Waals surface area contributed by atoms with Crippen molar-refractivity contribution in [3.63, 3.8) is 0 Å². The molecule has 1 aromatic rings. The zero-order chi connectivity index (χ0) is 13.3. The van der Waals surface area contributed by atoms with Crippen LogP contribution in [0.2, 0.25) is 0 Å². The van der Waals surface area contributed by atoms with Crippen LogP contribution in [-0.2, 0) is 10.0 Å². The lowest BCUT2D eigenvalue weighted by Gasteiger charge is -2.26. The molecular weight excluding hydrogens is 276 g/mol. The highest BCUT2D eigenvalue weighted by Gasteiger charge is 2.32. The predicted octanol–water partition coefficient (Wildman–Crippen LogP) is 0.349. The largest absolute Gasteiger partial charge is 0.477 e. The monoisotopic (exact) mass is 290 g/mol. The number of hydrogen-bond donors (Lipinski definition) is 2. The number of aromatic carboxylic acids is 1. The van der Waals surface area contributed by atoms with Crippen molar-refractivity contribution in [2.45, 2.75) is 11.8 Å². The van der Waals surface area contributed by atoms with Crippen molar-refractivity contribution in [2.24, 2.45) is 0 Å². The third-order valence-electron chi connectivity index (χ3n) is 2.79. The SMILES string of the molecule is Cc1csc(C(=O)O)c1S(=O)(=O)N1CCNCC1. The van der Waals surface area contributed by atoms with Gasteiger partial charge in [0, 0.05) is 26.2 Å². The molecule has 0 amide bonds. The van der Waals surface area contributed by atoms with Gasteiger partial charge in [-0.3, -0.25) is 0 Å². The Kier molecular flexibility index (Phi) is 3.71. The van der Waals surface area contributed by atoms with E-state index in [0.29, 0.717) is 31.7 Å². The van der Waals surface area contributed by atoms with Gasteiger partial charge in [-0.1, -0.05) is 0 Å². The molecule has 1 saturated heterocycles. The lowest BCUT2D eigenvalue weighted by molar-refractivity contribution is 0.0698. The Morgan fingerprint density at radius 2 is 2.06 bits per heavy atom. The van der Waals surface area contributed by atoms with Crippen molar-refractivity contribution in [3.8, 4) is 0 Å². The first-order valence-corrected chi connectivity index (χ1v) is 7.79. The Balaban J connectivity index is 2.46. The van der Waals surface area contributed by atoms with Crippen LogP contribution in [0.5, 0.6) is 0 Å². The van der Waals surface area contributed by atoms with Crippen LogP contribution in [0.15, 0.2) is 10.3 Å². The summed E-state index contributed by atoms with van der Waals surface area (Å²) < 4.78 is 26.2. The molecule has 0 spiro atoms. The van der Waals surface area contributed by atoms with E-state index < -0.39 is 16.0 Å². The van der Waals surface area contributed by atoms with Crippen LogP contribution in [-0.4, -0.2) is 50.0 Å². The first kappa shape index (κ1) is 13.5. The van der Waals surface area contributed by atoms with E-state index in [0.717, 1.165) is 11.3 Å². The average molecular weight is 290 g/mol. The highest BCUT2D eigenvalue weighted by Crippen LogP contribution is 2.29. The third-order valence-corrected chi connectivity index (χ3v) is 6.09. The maximum Gasteiger partial charge on any atom is 0.347 e. The Morgan fingerprint density at radius 1 is 1.44 bits per heavy atom. The molecule has 6 nitrogen and oxygen atoms in total. The number of carboxylic acids is 1. The maximum atomic E-state index is 12.4. The number of rotatable bonds is 3. The fraction of sp³-hybridized carbons (Fsp3) is 0.500. The summed E-state index contributed by atoms with van der Waals surface area (Å²) in [4.78, 5) is 10.9. The second-order valence-electron chi connectivity index (χ2n) is 4.04. The molecule has 0 unspecified atom stereocenters. The zero-order valence-corrected chi connectivity index (χ0v) is 11.5. The normalized spacial score (nSPS) is 17.8. The number of thiophene rings is 1. The zero-order valence-electron chi connectivity index (χ0n) is 9.84. The smallest absolute Gasteiger partial charge is 0.347 e. The van der Waals surface area contributed by atoms with Crippen LogP contribution in [0.1, 0.15) is 15.2 Å². The molecule has 0 aliphatic carbocycles. The van der Waals surface area contributed by atoms with E-state index in [9.17, 15) is 13.2 Å². The fourth-order valence-electron chi connectivity index (χ4n) is 1.92. The summed E-state index contributed by atoms with van der Waals surface area (Å²) in [6.07, 6.45) is 0. The topological polar surface area (TPSA) is 86.7 Å². The standard InChI is InChI=1S/C10H14N2O4S2/c1-7-6-17-8(10(13)14)9(7)18(15,16)12-4-2-11-3-5-12/h6,11H,2-5H2,1H3,(H,13,14). The molecule has 1 aliphatic rings. The molecule has 1 aliphatic heterocycles. The van der Waals surface area contributed by atoms with Crippen LogP contribution in [0.25, 0.3) is 0 Å². The van der Waals surface area contributed by atoms with E-state index in [1.807, 2.05) is 0 Å². The molecule has 2 heterocycles. The molecule has 0 bridgehead atoms. The van der Waals surface area contributed by atoms with Crippen molar-refractivity contribution in [1.82, 2.24) is 9.62 Å². The van der Waals surface area contributed by atoms with Crippen LogP contribution >= 0.6 is 11.3 Å². The van der Waals surface area contributed by atoms with E-state index in [-0.39, 0.29) is 9.77 Å². The summed E-state index contributed by atoms with van der Waals surface area (Å²) >= 11 is 0.954. The molecule has 0 saturated carbocycles. The highest BCUT2D eigenvalue weighted by molar-refractivity contribution is 7.89. The molecule has 0 atom stereocenters. The van der Waals surface area contributed by atoms with E-state index in [1.54, 1.807) is 12.3 Å².